The fourth-order valence-corrected chi connectivity index (χ4v) is 2.50. The predicted molar refractivity (Wildman–Crippen MR) is 86.4 cm³/mol. The van der Waals surface area contributed by atoms with E-state index in [1.807, 2.05) is 23.9 Å². The molecule has 0 radical (unpaired) electrons. The number of rotatable bonds is 5. The van der Waals surface area contributed by atoms with Crippen LogP contribution < -0.4 is 14.8 Å². The highest BCUT2D eigenvalue weighted by Crippen LogP contribution is 2.38. The Kier molecular flexibility index (Phi) is 5.47. The first kappa shape index (κ1) is 15.8. The Morgan fingerprint density at radius 2 is 2.05 bits per heavy atom. The minimum atomic E-state index is 0.231. The molecule has 2 rings (SSSR count). The van der Waals surface area contributed by atoms with Crippen molar-refractivity contribution in [3.8, 4) is 11.5 Å². The zero-order valence-electron chi connectivity index (χ0n) is 12.3. The van der Waals surface area contributed by atoms with E-state index < -0.39 is 0 Å². The molecule has 0 aromatic heterocycles. The molecule has 0 fully saturated rings. The molecule has 1 heterocycles. The van der Waals surface area contributed by atoms with Gasteiger partial charge < -0.3 is 14.8 Å². The van der Waals surface area contributed by atoms with Gasteiger partial charge in [0.2, 0.25) is 0 Å². The van der Waals surface area contributed by atoms with Crippen molar-refractivity contribution in [3.05, 3.63) is 22.7 Å². The average molecular weight is 316 g/mol. The lowest BCUT2D eigenvalue weighted by Crippen LogP contribution is -2.31. The standard InChI is InChI=1S/C15H22ClNO2S/c1-15(2,20-3)10-17-9-11-7-12(16)14-13(8-11)18-5-4-6-19-14/h7-8,17H,4-6,9-10H2,1-3H3. The normalized spacial score (nSPS) is 15.0. The largest absolute Gasteiger partial charge is 0.489 e. The molecule has 5 heteroatoms. The SMILES string of the molecule is CSC(C)(C)CNCc1cc(Cl)c2c(c1)OCCCO2. The van der Waals surface area contributed by atoms with Crippen molar-refractivity contribution in [1.82, 2.24) is 5.32 Å². The lowest BCUT2D eigenvalue weighted by Gasteiger charge is -2.22. The maximum absolute atomic E-state index is 6.28. The van der Waals surface area contributed by atoms with Gasteiger partial charge in [0.15, 0.2) is 11.5 Å². The van der Waals surface area contributed by atoms with Gasteiger partial charge in [0, 0.05) is 24.3 Å². The van der Waals surface area contributed by atoms with E-state index in [1.165, 1.54) is 0 Å². The first-order chi connectivity index (χ1) is 9.52. The lowest BCUT2D eigenvalue weighted by molar-refractivity contribution is 0.297. The van der Waals surface area contributed by atoms with Gasteiger partial charge in [-0.2, -0.15) is 11.8 Å². The molecule has 0 saturated carbocycles. The summed E-state index contributed by atoms with van der Waals surface area (Å²) in [6.07, 6.45) is 3.02. The molecule has 0 unspecified atom stereocenters. The van der Waals surface area contributed by atoms with Crippen LogP contribution in [0.5, 0.6) is 11.5 Å². The summed E-state index contributed by atoms with van der Waals surface area (Å²) in [5.41, 5.74) is 1.12. The quantitative estimate of drug-likeness (QED) is 0.897. The molecular weight excluding hydrogens is 294 g/mol. The van der Waals surface area contributed by atoms with Crippen molar-refractivity contribution < 1.29 is 9.47 Å². The van der Waals surface area contributed by atoms with Crippen molar-refractivity contribution >= 4 is 23.4 Å². The fraction of sp³-hybridized carbons (Fsp3) is 0.600. The minimum absolute atomic E-state index is 0.231. The Labute approximate surface area is 130 Å². The van der Waals surface area contributed by atoms with Gasteiger partial charge in [-0.05, 0) is 37.8 Å². The van der Waals surface area contributed by atoms with Crippen LogP contribution in [0.3, 0.4) is 0 Å². The number of hydrogen-bond donors (Lipinski definition) is 1. The van der Waals surface area contributed by atoms with Gasteiger partial charge in [-0.15, -0.1) is 0 Å². The van der Waals surface area contributed by atoms with E-state index in [9.17, 15) is 0 Å². The van der Waals surface area contributed by atoms with Crippen LogP contribution in [-0.2, 0) is 6.54 Å². The number of thioether (sulfide) groups is 1. The Balaban J connectivity index is 2.02. The first-order valence-electron chi connectivity index (χ1n) is 6.86. The molecule has 0 atom stereocenters. The molecule has 0 spiro atoms. The number of halogens is 1. The molecule has 1 aliphatic heterocycles. The molecule has 20 heavy (non-hydrogen) atoms. The Morgan fingerprint density at radius 3 is 2.80 bits per heavy atom. The molecule has 1 aliphatic rings. The van der Waals surface area contributed by atoms with Gasteiger partial charge in [-0.1, -0.05) is 11.6 Å². The highest BCUT2D eigenvalue weighted by Gasteiger charge is 2.17. The van der Waals surface area contributed by atoms with Gasteiger partial charge in [0.05, 0.1) is 18.2 Å². The van der Waals surface area contributed by atoms with Crippen molar-refractivity contribution in [3.63, 3.8) is 0 Å². The first-order valence-corrected chi connectivity index (χ1v) is 8.46. The number of ether oxygens (including phenoxy) is 2. The third-order valence-electron chi connectivity index (χ3n) is 3.29. The molecule has 1 N–H and O–H groups in total. The monoisotopic (exact) mass is 315 g/mol. The van der Waals surface area contributed by atoms with Crippen LogP contribution in [0.4, 0.5) is 0 Å². The van der Waals surface area contributed by atoms with Crippen molar-refractivity contribution in [2.24, 2.45) is 0 Å². The Hall–Kier alpha value is -0.580. The lowest BCUT2D eigenvalue weighted by atomic mass is 10.1. The number of fused-ring (bicyclic) bond motifs is 1. The molecule has 1 aromatic rings. The van der Waals surface area contributed by atoms with Crippen LogP contribution in [0.2, 0.25) is 5.02 Å². The van der Waals surface area contributed by atoms with Crippen molar-refractivity contribution in [2.45, 2.75) is 31.6 Å². The zero-order chi connectivity index (χ0) is 14.6. The fourth-order valence-electron chi connectivity index (χ4n) is 1.97. The van der Waals surface area contributed by atoms with E-state index in [1.54, 1.807) is 0 Å². The summed E-state index contributed by atoms with van der Waals surface area (Å²) in [4.78, 5) is 0. The van der Waals surface area contributed by atoms with Crippen molar-refractivity contribution in [2.75, 3.05) is 26.0 Å². The molecule has 3 nitrogen and oxygen atoms in total. The summed E-state index contributed by atoms with van der Waals surface area (Å²) >= 11 is 8.14. The maximum Gasteiger partial charge on any atom is 0.179 e. The van der Waals surface area contributed by atoms with Crippen LogP contribution in [0.1, 0.15) is 25.8 Å². The third kappa shape index (κ3) is 4.21. The van der Waals surface area contributed by atoms with E-state index in [2.05, 4.69) is 25.4 Å². The van der Waals surface area contributed by atoms with E-state index in [0.29, 0.717) is 24.0 Å². The van der Waals surface area contributed by atoms with Crippen LogP contribution in [0, 0.1) is 0 Å². The van der Waals surface area contributed by atoms with E-state index >= 15 is 0 Å². The van der Waals surface area contributed by atoms with Gasteiger partial charge in [0.25, 0.3) is 0 Å². The van der Waals surface area contributed by atoms with Gasteiger partial charge >= 0.3 is 0 Å². The van der Waals surface area contributed by atoms with E-state index in [-0.39, 0.29) is 4.75 Å². The predicted octanol–water partition coefficient (Wildman–Crippen LogP) is 3.73. The zero-order valence-corrected chi connectivity index (χ0v) is 13.9. The molecule has 0 amide bonds. The molecule has 0 saturated heterocycles. The smallest absolute Gasteiger partial charge is 0.179 e. The summed E-state index contributed by atoms with van der Waals surface area (Å²) in [7, 11) is 0. The average Bonchev–Trinajstić information content (AvgIpc) is 2.64. The maximum atomic E-state index is 6.28. The van der Waals surface area contributed by atoms with Gasteiger partial charge in [-0.3, -0.25) is 0 Å². The van der Waals surface area contributed by atoms with Crippen LogP contribution >= 0.6 is 23.4 Å². The minimum Gasteiger partial charge on any atom is -0.489 e. The number of nitrogens with one attached hydrogen (secondary N) is 1. The summed E-state index contributed by atoms with van der Waals surface area (Å²) in [6.45, 7) is 7.52. The highest BCUT2D eigenvalue weighted by atomic mass is 35.5. The summed E-state index contributed by atoms with van der Waals surface area (Å²) in [5, 5.41) is 4.10. The van der Waals surface area contributed by atoms with Crippen molar-refractivity contribution in [1.29, 1.82) is 0 Å². The van der Waals surface area contributed by atoms with Crippen LogP contribution in [0.25, 0.3) is 0 Å². The number of hydrogen-bond acceptors (Lipinski definition) is 4. The second-order valence-corrected chi connectivity index (χ2v) is 7.44. The molecular formula is C15H22ClNO2S. The summed E-state index contributed by atoms with van der Waals surface area (Å²) < 4.78 is 11.6. The third-order valence-corrected chi connectivity index (χ3v) is 4.82. The van der Waals surface area contributed by atoms with E-state index in [4.69, 9.17) is 21.1 Å². The Morgan fingerprint density at radius 1 is 1.30 bits per heavy atom. The van der Waals surface area contributed by atoms with Crippen LogP contribution in [0.15, 0.2) is 12.1 Å². The number of benzene rings is 1. The molecule has 1 aromatic carbocycles. The Bertz CT molecular complexity index is 465. The van der Waals surface area contributed by atoms with E-state index in [0.717, 1.165) is 30.8 Å². The molecule has 0 bridgehead atoms. The van der Waals surface area contributed by atoms with Gasteiger partial charge in [-0.25, -0.2) is 0 Å². The second-order valence-electron chi connectivity index (χ2n) is 5.52. The van der Waals surface area contributed by atoms with Gasteiger partial charge in [0.1, 0.15) is 0 Å². The highest BCUT2D eigenvalue weighted by molar-refractivity contribution is 7.99. The topological polar surface area (TPSA) is 30.5 Å². The molecule has 112 valence electrons. The molecule has 0 aliphatic carbocycles. The van der Waals surface area contributed by atoms with Crippen LogP contribution in [-0.4, -0.2) is 30.8 Å². The summed E-state index contributed by atoms with van der Waals surface area (Å²) in [5.74, 6) is 1.44. The summed E-state index contributed by atoms with van der Waals surface area (Å²) in [6, 6.07) is 3.97. The second kappa shape index (κ2) is 6.92.